The number of amides is 1. The smallest absolute Gasteiger partial charge is 0.325 e. The Labute approximate surface area is 183 Å². The van der Waals surface area contributed by atoms with E-state index in [2.05, 4.69) is 29.1 Å². The predicted octanol–water partition coefficient (Wildman–Crippen LogP) is 6.41. The van der Waals surface area contributed by atoms with Crippen molar-refractivity contribution in [1.29, 1.82) is 0 Å². The van der Waals surface area contributed by atoms with Crippen molar-refractivity contribution in [2.24, 2.45) is 0 Å². The summed E-state index contributed by atoms with van der Waals surface area (Å²) in [6.45, 7) is 5.75. The number of hydrogen-bond donors (Lipinski definition) is 1. The van der Waals surface area contributed by atoms with Gasteiger partial charge in [0, 0.05) is 11.3 Å². The van der Waals surface area contributed by atoms with E-state index in [4.69, 9.17) is 0 Å². The first-order valence-corrected chi connectivity index (χ1v) is 10.6. The molecule has 0 aliphatic rings. The third-order valence-electron chi connectivity index (χ3n) is 4.56. The monoisotopic (exact) mass is 445 g/mol. The van der Waals surface area contributed by atoms with Gasteiger partial charge in [-0.25, -0.2) is 9.97 Å². The summed E-state index contributed by atoms with van der Waals surface area (Å²) >= 11 is 0.884. The van der Waals surface area contributed by atoms with Crippen molar-refractivity contribution in [1.82, 2.24) is 9.97 Å². The number of nitrogens with one attached hydrogen (secondary N) is 1. The molecule has 2 aromatic carbocycles. The Morgan fingerprint density at radius 1 is 0.968 bits per heavy atom. The number of hydrogen-bond acceptors (Lipinski definition) is 4. The highest BCUT2D eigenvalue weighted by Crippen LogP contribution is 2.33. The molecule has 1 unspecified atom stereocenters. The van der Waals surface area contributed by atoms with Crippen LogP contribution in [0.4, 0.5) is 18.9 Å². The van der Waals surface area contributed by atoms with E-state index in [1.807, 2.05) is 12.1 Å². The number of anilines is 1. The van der Waals surface area contributed by atoms with Crippen molar-refractivity contribution < 1.29 is 18.0 Å². The van der Waals surface area contributed by atoms with Crippen molar-refractivity contribution in [3.63, 3.8) is 0 Å². The van der Waals surface area contributed by atoms with Crippen LogP contribution in [0.15, 0.2) is 65.8 Å². The summed E-state index contributed by atoms with van der Waals surface area (Å²) in [6.07, 6.45) is -4.62. The number of carbonyl (C=O) groups is 1. The molecule has 0 aliphatic heterocycles. The fourth-order valence-electron chi connectivity index (χ4n) is 2.79. The number of benzene rings is 2. The lowest BCUT2D eigenvalue weighted by molar-refractivity contribution is -0.141. The molecule has 1 amide bonds. The van der Waals surface area contributed by atoms with Gasteiger partial charge in [0.25, 0.3) is 0 Å². The molecule has 3 rings (SSSR count). The van der Waals surface area contributed by atoms with Gasteiger partial charge in [-0.15, -0.1) is 0 Å². The lowest BCUT2D eigenvalue weighted by Crippen LogP contribution is -2.23. The third-order valence-corrected chi connectivity index (χ3v) is 5.52. The molecule has 3 aromatic rings. The Hall–Kier alpha value is -2.87. The quantitative estimate of drug-likeness (QED) is 0.352. The summed E-state index contributed by atoms with van der Waals surface area (Å²) in [4.78, 5) is 20.4. The van der Waals surface area contributed by atoms with E-state index in [1.165, 1.54) is 0 Å². The summed E-state index contributed by atoms with van der Waals surface area (Å²) in [7, 11) is 0. The van der Waals surface area contributed by atoms with E-state index in [0.717, 1.165) is 23.4 Å². The normalized spacial score (nSPS) is 12.6. The highest BCUT2D eigenvalue weighted by atomic mass is 32.2. The molecule has 0 radical (unpaired) electrons. The van der Waals surface area contributed by atoms with Gasteiger partial charge in [0.05, 0.1) is 10.9 Å². The molecule has 162 valence electrons. The van der Waals surface area contributed by atoms with E-state index in [0.29, 0.717) is 17.2 Å². The minimum absolute atomic E-state index is 0.105. The van der Waals surface area contributed by atoms with E-state index < -0.39 is 17.1 Å². The molecule has 0 fully saturated rings. The predicted molar refractivity (Wildman–Crippen MR) is 117 cm³/mol. The van der Waals surface area contributed by atoms with Gasteiger partial charge in [-0.3, -0.25) is 4.79 Å². The number of aromatic nitrogens is 2. The van der Waals surface area contributed by atoms with E-state index in [9.17, 15) is 18.0 Å². The first-order chi connectivity index (χ1) is 14.6. The number of carbonyl (C=O) groups excluding carboxylic acids is 1. The van der Waals surface area contributed by atoms with Crippen molar-refractivity contribution >= 4 is 23.4 Å². The van der Waals surface area contributed by atoms with Gasteiger partial charge < -0.3 is 5.32 Å². The number of thioether (sulfide) groups is 1. The van der Waals surface area contributed by atoms with Crippen molar-refractivity contribution in [2.75, 3.05) is 5.32 Å². The lowest BCUT2D eigenvalue weighted by Gasteiger charge is -2.14. The molecular formula is C23H22F3N3OS. The van der Waals surface area contributed by atoms with E-state index >= 15 is 0 Å². The molecular weight excluding hydrogens is 423 g/mol. The lowest BCUT2D eigenvalue weighted by atomic mass is 10.0. The maximum absolute atomic E-state index is 13.4. The van der Waals surface area contributed by atoms with Crippen LogP contribution in [0.25, 0.3) is 11.3 Å². The molecule has 31 heavy (non-hydrogen) atoms. The van der Waals surface area contributed by atoms with Gasteiger partial charge in [0.2, 0.25) is 5.91 Å². The average molecular weight is 446 g/mol. The van der Waals surface area contributed by atoms with Gasteiger partial charge in [-0.2, -0.15) is 13.2 Å². The van der Waals surface area contributed by atoms with Crippen LogP contribution in [-0.4, -0.2) is 21.1 Å². The van der Waals surface area contributed by atoms with E-state index in [-0.39, 0.29) is 16.8 Å². The Morgan fingerprint density at radius 3 is 2.19 bits per heavy atom. The summed E-state index contributed by atoms with van der Waals surface area (Å²) in [5, 5.41) is 1.98. The van der Waals surface area contributed by atoms with Crippen LogP contribution in [0.1, 0.15) is 37.9 Å². The van der Waals surface area contributed by atoms with Crippen LogP contribution in [0, 0.1) is 0 Å². The largest absolute Gasteiger partial charge is 0.433 e. The zero-order chi connectivity index (χ0) is 22.6. The molecule has 1 N–H and O–H groups in total. The molecule has 4 nitrogen and oxygen atoms in total. The molecule has 0 aliphatic carbocycles. The average Bonchev–Trinajstić information content (AvgIpc) is 2.74. The molecule has 1 atom stereocenters. The van der Waals surface area contributed by atoms with Gasteiger partial charge in [-0.1, -0.05) is 68.1 Å². The zero-order valence-electron chi connectivity index (χ0n) is 17.3. The van der Waals surface area contributed by atoms with Crippen LogP contribution in [0.2, 0.25) is 0 Å². The number of nitrogens with zero attached hydrogens (tertiary/aromatic N) is 2. The maximum Gasteiger partial charge on any atom is 0.433 e. The topological polar surface area (TPSA) is 54.9 Å². The van der Waals surface area contributed by atoms with Gasteiger partial charge >= 0.3 is 6.18 Å². The summed E-state index contributed by atoms with van der Waals surface area (Å²) < 4.78 is 40.1. The van der Waals surface area contributed by atoms with E-state index in [1.54, 1.807) is 49.4 Å². The summed E-state index contributed by atoms with van der Waals surface area (Å²) in [5.41, 5.74) is 1.42. The summed E-state index contributed by atoms with van der Waals surface area (Å²) in [6, 6.07) is 16.9. The number of halogens is 3. The fourth-order valence-corrected chi connectivity index (χ4v) is 3.57. The second-order valence-electron chi connectivity index (χ2n) is 7.31. The van der Waals surface area contributed by atoms with Gasteiger partial charge in [0.1, 0.15) is 5.69 Å². The Kier molecular flexibility index (Phi) is 7.00. The van der Waals surface area contributed by atoms with Crippen LogP contribution in [0.3, 0.4) is 0 Å². The molecule has 8 heteroatoms. The highest BCUT2D eigenvalue weighted by molar-refractivity contribution is 8.00. The molecule has 0 saturated carbocycles. The molecule has 1 aromatic heterocycles. The van der Waals surface area contributed by atoms with Gasteiger partial charge in [-0.05, 0) is 36.6 Å². The second kappa shape index (κ2) is 9.51. The van der Waals surface area contributed by atoms with Crippen LogP contribution in [-0.2, 0) is 11.0 Å². The summed E-state index contributed by atoms with van der Waals surface area (Å²) in [5.74, 6) is 0.0284. The second-order valence-corrected chi connectivity index (χ2v) is 8.62. The minimum Gasteiger partial charge on any atom is -0.325 e. The van der Waals surface area contributed by atoms with Crippen LogP contribution >= 0.6 is 11.8 Å². The first-order valence-electron chi connectivity index (χ1n) is 9.72. The minimum atomic E-state index is -4.62. The standard InChI is InChI=1S/C23H22F3N3OS/c1-14(2)16-9-11-18(12-10-16)27-21(30)15(3)31-22-28-19(17-7-5-4-6-8-17)13-20(29-22)23(24,25)26/h4-15H,1-3H3,(H,27,30). The van der Waals surface area contributed by atoms with Crippen LogP contribution < -0.4 is 5.32 Å². The Bertz CT molecular complexity index is 1040. The molecule has 1 heterocycles. The maximum atomic E-state index is 13.4. The highest BCUT2D eigenvalue weighted by Gasteiger charge is 2.34. The van der Waals surface area contributed by atoms with Crippen molar-refractivity contribution in [3.05, 3.63) is 71.9 Å². The molecule has 0 bridgehead atoms. The number of alkyl halides is 3. The SMILES string of the molecule is CC(Sc1nc(-c2ccccc2)cc(C(F)(F)F)n1)C(=O)Nc1ccc(C(C)C)cc1. The Balaban J connectivity index is 1.79. The number of rotatable bonds is 6. The Morgan fingerprint density at radius 2 is 1.61 bits per heavy atom. The molecule has 0 spiro atoms. The van der Waals surface area contributed by atoms with Gasteiger partial charge in [0.15, 0.2) is 5.16 Å². The van der Waals surface area contributed by atoms with Crippen LogP contribution in [0.5, 0.6) is 0 Å². The van der Waals surface area contributed by atoms with Crippen molar-refractivity contribution in [2.45, 2.75) is 43.3 Å². The third kappa shape index (κ3) is 6.07. The molecule has 0 saturated heterocycles. The first kappa shape index (κ1) is 22.8. The zero-order valence-corrected chi connectivity index (χ0v) is 18.1. The fraction of sp³-hybridized carbons (Fsp3) is 0.261. The van der Waals surface area contributed by atoms with Crippen molar-refractivity contribution in [3.8, 4) is 11.3 Å².